The van der Waals surface area contributed by atoms with E-state index >= 15 is 0 Å². The van der Waals surface area contributed by atoms with Gasteiger partial charge >= 0.3 is 0 Å². The predicted octanol–water partition coefficient (Wildman–Crippen LogP) is 18.1. The van der Waals surface area contributed by atoms with Crippen molar-refractivity contribution in [2.45, 2.75) is 0 Å². The maximum atomic E-state index is 5.77. The van der Waals surface area contributed by atoms with E-state index in [0.717, 1.165) is 177 Å². The van der Waals surface area contributed by atoms with Crippen molar-refractivity contribution >= 4 is 134 Å². The second kappa shape index (κ2) is 17.3. The summed E-state index contributed by atoms with van der Waals surface area (Å²) in [4.78, 5) is 40.5. The van der Waals surface area contributed by atoms with Crippen LogP contribution in [0.25, 0.3) is 178 Å². The van der Waals surface area contributed by atoms with Gasteiger partial charge in [0.25, 0.3) is 0 Å². The van der Waals surface area contributed by atoms with Gasteiger partial charge in [0.2, 0.25) is 0 Å². The van der Waals surface area contributed by atoms with Gasteiger partial charge < -0.3 is 9.97 Å². The number of nitrogens with one attached hydrogen (secondary N) is 2. The molecule has 0 unspecified atom stereocenters. The van der Waals surface area contributed by atoms with E-state index in [1.54, 1.807) is 0 Å². The van der Waals surface area contributed by atoms with Gasteiger partial charge in [-0.05, 0) is 144 Å². The van der Waals surface area contributed by atoms with Gasteiger partial charge in [0.1, 0.15) is 0 Å². The molecule has 8 aromatic carbocycles. The summed E-state index contributed by atoms with van der Waals surface area (Å²) in [6, 6.07) is 76.8. The molecule has 2 aliphatic rings. The van der Waals surface area contributed by atoms with Crippen LogP contribution in [0.15, 0.2) is 218 Å². The fourth-order valence-electron chi connectivity index (χ4n) is 12.4. The van der Waals surface area contributed by atoms with E-state index in [9.17, 15) is 0 Å². The van der Waals surface area contributed by atoms with Crippen LogP contribution in [0.5, 0.6) is 0 Å². The van der Waals surface area contributed by atoms with Crippen molar-refractivity contribution in [3.63, 3.8) is 0 Å². The van der Waals surface area contributed by atoms with Gasteiger partial charge in [-0.25, -0.2) is 29.9 Å². The number of H-pyrrole nitrogens is 2. The summed E-state index contributed by atoms with van der Waals surface area (Å²) in [5.41, 5.74) is 22.1. The van der Waals surface area contributed by atoms with Gasteiger partial charge in [-0.1, -0.05) is 121 Å². The maximum Gasteiger partial charge on any atom is 0.0737 e. The Labute approximate surface area is 456 Å². The molecule has 0 amide bonds. The number of rotatable bonds is 4. The Kier molecular flexibility index (Phi) is 9.54. The molecule has 2 N–H and O–H groups in total. The molecule has 0 saturated carbocycles. The average molecular weight is 1020 g/mol. The standard InChI is InChI=1S/C72H42N8/c1-5-21-53-41(13-1)37-49-45(17-9-25-57(49)73-53)69-61-29-31-63(77-61)70(46-18-10-26-58-50(46)38-42-14-2-6-22-54(42)74-58)65-33-35-67(79-65)72(48-20-12-28-60-52(48)40-44-16-4-8-24-56(44)76-60)68-36-34-66(80-68)71(64-32-30-62(69)78-64)47-19-11-27-59-51(47)39-43-15-3-7-23-55(43)75-59/h1-40,77,80H. The third-order valence-corrected chi connectivity index (χ3v) is 16.1. The molecule has 15 aromatic rings. The molecule has 0 radical (unpaired) electrons. The zero-order valence-corrected chi connectivity index (χ0v) is 42.8. The van der Waals surface area contributed by atoms with Gasteiger partial charge in [-0.15, -0.1) is 0 Å². The second-order valence-corrected chi connectivity index (χ2v) is 20.7. The number of pyridine rings is 4. The van der Waals surface area contributed by atoms with Crippen LogP contribution in [-0.4, -0.2) is 39.9 Å². The molecule has 9 heterocycles. The van der Waals surface area contributed by atoms with Crippen LogP contribution in [0.2, 0.25) is 0 Å². The van der Waals surface area contributed by atoms with Gasteiger partial charge in [0, 0.05) is 87.4 Å². The fraction of sp³-hybridized carbons (Fsp3) is 0. The minimum Gasteiger partial charge on any atom is -0.354 e. The summed E-state index contributed by atoms with van der Waals surface area (Å²) in [5.74, 6) is 0. The monoisotopic (exact) mass is 1020 g/mol. The predicted molar refractivity (Wildman–Crippen MR) is 332 cm³/mol. The van der Waals surface area contributed by atoms with Gasteiger partial charge in [-0.3, -0.25) is 0 Å². The lowest BCUT2D eigenvalue weighted by Crippen LogP contribution is -1.93. The van der Waals surface area contributed by atoms with E-state index in [1.165, 1.54) is 0 Å². The summed E-state index contributed by atoms with van der Waals surface area (Å²) in [6.45, 7) is 0. The van der Waals surface area contributed by atoms with E-state index < -0.39 is 0 Å². The highest BCUT2D eigenvalue weighted by molar-refractivity contribution is 6.12. The van der Waals surface area contributed by atoms with Crippen molar-refractivity contribution in [1.82, 2.24) is 39.9 Å². The Hall–Kier alpha value is -11.0. The zero-order valence-electron chi connectivity index (χ0n) is 42.8. The van der Waals surface area contributed by atoms with Crippen LogP contribution in [0.4, 0.5) is 0 Å². The lowest BCUT2D eigenvalue weighted by Gasteiger charge is -2.12. The molecular formula is C72H42N8. The van der Waals surface area contributed by atoms with Gasteiger partial charge in [-0.2, -0.15) is 0 Å². The minimum atomic E-state index is 0.813. The first-order valence-electron chi connectivity index (χ1n) is 26.9. The number of benzene rings is 8. The van der Waals surface area contributed by atoms with E-state index in [4.69, 9.17) is 29.9 Å². The van der Waals surface area contributed by atoms with Crippen molar-refractivity contribution in [3.8, 4) is 44.5 Å². The lowest BCUT2D eigenvalue weighted by atomic mass is 9.97. The number of fused-ring (bicyclic) bond motifs is 16. The molecule has 0 fully saturated rings. The van der Waals surface area contributed by atoms with E-state index in [0.29, 0.717) is 0 Å². The molecular weight excluding hydrogens is 977 g/mol. The summed E-state index contributed by atoms with van der Waals surface area (Å²) in [5, 5.41) is 8.37. The van der Waals surface area contributed by atoms with Crippen LogP contribution in [0.1, 0.15) is 22.8 Å². The molecule has 0 atom stereocenters. The van der Waals surface area contributed by atoms with Crippen molar-refractivity contribution in [2.75, 3.05) is 0 Å². The summed E-state index contributed by atoms with van der Waals surface area (Å²) in [6.07, 6.45) is 8.67. The number of aromatic amines is 2. The molecule has 0 spiro atoms. The number of hydrogen-bond acceptors (Lipinski definition) is 6. The van der Waals surface area contributed by atoms with Crippen molar-refractivity contribution < 1.29 is 0 Å². The van der Waals surface area contributed by atoms with Crippen molar-refractivity contribution in [3.05, 3.63) is 241 Å². The first-order chi connectivity index (χ1) is 39.6. The van der Waals surface area contributed by atoms with Crippen LogP contribution >= 0.6 is 0 Å². The van der Waals surface area contributed by atoms with Gasteiger partial charge in [0.15, 0.2) is 0 Å². The number of para-hydroxylation sites is 4. The number of hydrogen-bond donors (Lipinski definition) is 2. The normalized spacial score (nSPS) is 12.4. The first-order valence-corrected chi connectivity index (χ1v) is 26.9. The highest BCUT2D eigenvalue weighted by atomic mass is 14.8. The summed E-state index contributed by atoms with van der Waals surface area (Å²) in [7, 11) is 0. The Balaban J connectivity index is 1.05. The Morgan fingerprint density at radius 3 is 0.713 bits per heavy atom. The average Bonchev–Trinajstić information content (AvgIpc) is 4.47. The van der Waals surface area contributed by atoms with Crippen LogP contribution in [-0.2, 0) is 0 Å². The molecule has 7 aromatic heterocycles. The minimum absolute atomic E-state index is 0.813. The highest BCUT2D eigenvalue weighted by Gasteiger charge is 2.23. The topological polar surface area (TPSA) is 109 Å². The van der Waals surface area contributed by atoms with E-state index in [2.05, 4.69) is 228 Å². The van der Waals surface area contributed by atoms with Crippen LogP contribution in [0.3, 0.4) is 0 Å². The lowest BCUT2D eigenvalue weighted by molar-refractivity contribution is 1.31. The highest BCUT2D eigenvalue weighted by Crippen LogP contribution is 2.44. The van der Waals surface area contributed by atoms with E-state index in [-0.39, 0.29) is 0 Å². The van der Waals surface area contributed by atoms with E-state index in [1.807, 2.05) is 24.3 Å². The number of aromatic nitrogens is 8. The third kappa shape index (κ3) is 6.95. The molecule has 2 aliphatic heterocycles. The summed E-state index contributed by atoms with van der Waals surface area (Å²) >= 11 is 0. The smallest absolute Gasteiger partial charge is 0.0737 e. The SMILES string of the molecule is C1=Cc2nc1c(-c1cccc3nc4ccccc4cc13)c1ccc([nH]1)c(-c1cccc3nc4ccccc4cc13)c1nc(c(-c3cccc4nc5ccccc5cc34)c3ccc([nH]3)c2-c2cccc3nc4ccccc4cc23)C=C1. The van der Waals surface area contributed by atoms with Crippen LogP contribution in [0, 0.1) is 0 Å². The van der Waals surface area contributed by atoms with Crippen molar-refractivity contribution in [2.24, 2.45) is 0 Å². The second-order valence-electron chi connectivity index (χ2n) is 20.7. The molecule has 80 heavy (non-hydrogen) atoms. The molecule has 8 bridgehead atoms. The van der Waals surface area contributed by atoms with Crippen molar-refractivity contribution in [1.29, 1.82) is 0 Å². The molecule has 17 rings (SSSR count). The maximum absolute atomic E-state index is 5.77. The molecule has 0 aliphatic carbocycles. The zero-order chi connectivity index (χ0) is 52.4. The number of nitrogens with zero attached hydrogens (tertiary/aromatic N) is 6. The molecule has 0 saturated heterocycles. The first kappa shape index (κ1) is 44.2. The Morgan fingerprint density at radius 2 is 0.450 bits per heavy atom. The van der Waals surface area contributed by atoms with Crippen LogP contribution < -0.4 is 0 Å². The quantitative estimate of drug-likeness (QED) is 0.170. The Morgan fingerprint density at radius 1 is 0.212 bits per heavy atom. The molecule has 370 valence electrons. The van der Waals surface area contributed by atoms with Gasteiger partial charge in [0.05, 0.1) is 66.9 Å². The Bertz CT molecular complexity index is 4790. The largest absolute Gasteiger partial charge is 0.354 e. The molecule has 8 heteroatoms. The molecule has 8 nitrogen and oxygen atoms in total. The third-order valence-electron chi connectivity index (χ3n) is 16.1. The summed E-state index contributed by atoms with van der Waals surface area (Å²) < 4.78 is 0. The fourth-order valence-corrected chi connectivity index (χ4v) is 12.4.